The summed E-state index contributed by atoms with van der Waals surface area (Å²) in [5.41, 5.74) is 6.05. The first-order valence-corrected chi connectivity index (χ1v) is 5.06. The summed E-state index contributed by atoms with van der Waals surface area (Å²) < 4.78 is 13.6. The predicted molar refractivity (Wildman–Crippen MR) is 61.4 cm³/mol. The average molecular weight is 229 g/mol. The third kappa shape index (κ3) is 3.02. The Balaban J connectivity index is 2.90. The fourth-order valence-electron chi connectivity index (χ4n) is 1.34. The summed E-state index contributed by atoms with van der Waals surface area (Å²) in [6, 6.07) is 4.66. The molecule has 0 aliphatic carbocycles. The van der Waals surface area contributed by atoms with E-state index in [1.165, 1.54) is 6.07 Å². The molecule has 0 spiro atoms. The largest absolute Gasteiger partial charge is 0.329 e. The molecule has 0 heterocycles. The van der Waals surface area contributed by atoms with Crippen molar-refractivity contribution in [2.24, 2.45) is 5.73 Å². The second kappa shape index (κ2) is 5.85. The lowest BCUT2D eigenvalue weighted by atomic mass is 10.1. The van der Waals surface area contributed by atoms with Crippen molar-refractivity contribution in [3.05, 3.63) is 47.3 Å². The van der Waals surface area contributed by atoms with E-state index >= 15 is 0 Å². The molecule has 1 rings (SSSR count). The van der Waals surface area contributed by atoms with E-state index in [0.717, 1.165) is 0 Å². The van der Waals surface area contributed by atoms with Gasteiger partial charge in [-0.15, -0.1) is 6.58 Å². The van der Waals surface area contributed by atoms with Crippen molar-refractivity contribution in [3.8, 4) is 0 Å². The Bertz CT molecular complexity index is 341. The molecule has 0 fully saturated rings. The van der Waals surface area contributed by atoms with E-state index in [0.29, 0.717) is 18.7 Å². The third-order valence-electron chi connectivity index (χ3n) is 2.10. The fourth-order valence-corrected chi connectivity index (χ4v) is 1.52. The highest BCUT2D eigenvalue weighted by atomic mass is 35.5. The molecule has 1 atom stereocenters. The van der Waals surface area contributed by atoms with Gasteiger partial charge in [-0.2, -0.15) is 0 Å². The van der Waals surface area contributed by atoms with Crippen LogP contribution in [0.2, 0.25) is 5.02 Å². The van der Waals surface area contributed by atoms with Crippen LogP contribution in [-0.4, -0.2) is 13.1 Å². The molecule has 1 aromatic carbocycles. The second-order valence-electron chi connectivity index (χ2n) is 3.13. The number of hydrogen-bond acceptors (Lipinski definition) is 2. The van der Waals surface area contributed by atoms with Gasteiger partial charge in [-0.25, -0.2) is 4.39 Å². The van der Waals surface area contributed by atoms with Gasteiger partial charge < -0.3 is 11.1 Å². The molecule has 1 aromatic rings. The van der Waals surface area contributed by atoms with Gasteiger partial charge in [-0.1, -0.05) is 29.8 Å². The molecule has 82 valence electrons. The van der Waals surface area contributed by atoms with E-state index in [2.05, 4.69) is 11.9 Å². The van der Waals surface area contributed by atoms with Gasteiger partial charge in [0, 0.05) is 24.7 Å². The van der Waals surface area contributed by atoms with Crippen LogP contribution in [0.4, 0.5) is 4.39 Å². The molecule has 0 bridgehead atoms. The van der Waals surface area contributed by atoms with Crippen molar-refractivity contribution in [1.29, 1.82) is 0 Å². The molecule has 2 nitrogen and oxygen atoms in total. The van der Waals surface area contributed by atoms with Gasteiger partial charge in [-0.05, 0) is 6.07 Å². The quantitative estimate of drug-likeness (QED) is 0.759. The summed E-state index contributed by atoms with van der Waals surface area (Å²) in [5, 5.41) is 3.18. The van der Waals surface area contributed by atoms with Gasteiger partial charge in [-0.3, -0.25) is 0 Å². The lowest BCUT2D eigenvalue weighted by molar-refractivity contribution is 0.528. The lowest BCUT2D eigenvalue weighted by Gasteiger charge is -2.17. The number of hydrogen-bond donors (Lipinski definition) is 2. The van der Waals surface area contributed by atoms with Crippen LogP contribution in [0.5, 0.6) is 0 Å². The van der Waals surface area contributed by atoms with Gasteiger partial charge in [0.05, 0.1) is 5.02 Å². The summed E-state index contributed by atoms with van der Waals surface area (Å²) in [6.07, 6.45) is 1.70. The first-order valence-electron chi connectivity index (χ1n) is 4.69. The van der Waals surface area contributed by atoms with Gasteiger partial charge in [0.25, 0.3) is 0 Å². The van der Waals surface area contributed by atoms with Crippen molar-refractivity contribution in [3.63, 3.8) is 0 Å². The van der Waals surface area contributed by atoms with Crippen molar-refractivity contribution < 1.29 is 4.39 Å². The molecule has 0 aromatic heterocycles. The maximum atomic E-state index is 13.6. The summed E-state index contributed by atoms with van der Waals surface area (Å²) in [6.45, 7) is 4.47. The molecule has 0 aliphatic heterocycles. The van der Waals surface area contributed by atoms with Gasteiger partial charge in [0.2, 0.25) is 0 Å². The number of nitrogens with one attached hydrogen (secondary N) is 1. The van der Waals surface area contributed by atoms with Crippen LogP contribution in [0.25, 0.3) is 0 Å². The van der Waals surface area contributed by atoms with E-state index in [4.69, 9.17) is 17.3 Å². The van der Waals surface area contributed by atoms with Gasteiger partial charge in [0.15, 0.2) is 0 Å². The summed E-state index contributed by atoms with van der Waals surface area (Å²) in [7, 11) is 0. The van der Waals surface area contributed by atoms with E-state index < -0.39 is 5.82 Å². The van der Waals surface area contributed by atoms with Crippen LogP contribution in [0, 0.1) is 5.82 Å². The van der Waals surface area contributed by atoms with E-state index in [9.17, 15) is 4.39 Å². The zero-order chi connectivity index (χ0) is 11.3. The normalized spacial score (nSPS) is 12.5. The molecule has 0 radical (unpaired) electrons. The summed E-state index contributed by atoms with van der Waals surface area (Å²) in [4.78, 5) is 0. The molecular weight excluding hydrogens is 215 g/mol. The van der Waals surface area contributed by atoms with Crippen LogP contribution in [0.3, 0.4) is 0 Å². The van der Waals surface area contributed by atoms with Crippen LogP contribution in [0.15, 0.2) is 30.9 Å². The minimum atomic E-state index is -0.411. The van der Waals surface area contributed by atoms with Gasteiger partial charge >= 0.3 is 0 Å². The molecule has 1 unspecified atom stereocenters. The number of rotatable bonds is 5. The lowest BCUT2D eigenvalue weighted by Crippen LogP contribution is -2.29. The highest BCUT2D eigenvalue weighted by Crippen LogP contribution is 2.22. The molecule has 0 aliphatic rings. The first kappa shape index (κ1) is 12.2. The van der Waals surface area contributed by atoms with E-state index in [1.54, 1.807) is 18.2 Å². The molecule has 0 saturated heterocycles. The Labute approximate surface area is 93.9 Å². The smallest absolute Gasteiger partial charge is 0.146 e. The predicted octanol–water partition coefficient (Wildman–Crippen LogP) is 2.25. The van der Waals surface area contributed by atoms with Crippen LogP contribution in [-0.2, 0) is 0 Å². The maximum absolute atomic E-state index is 13.6. The van der Waals surface area contributed by atoms with Crippen molar-refractivity contribution in [2.45, 2.75) is 6.04 Å². The Kier molecular flexibility index (Phi) is 4.75. The average Bonchev–Trinajstić information content (AvgIpc) is 2.25. The summed E-state index contributed by atoms with van der Waals surface area (Å²) in [5.74, 6) is -0.411. The zero-order valence-electron chi connectivity index (χ0n) is 8.34. The molecule has 15 heavy (non-hydrogen) atoms. The third-order valence-corrected chi connectivity index (χ3v) is 2.39. The Morgan fingerprint density at radius 1 is 1.60 bits per heavy atom. The van der Waals surface area contributed by atoms with Crippen LogP contribution < -0.4 is 11.1 Å². The molecule has 3 N–H and O–H groups in total. The Morgan fingerprint density at radius 2 is 2.33 bits per heavy atom. The first-order chi connectivity index (χ1) is 7.20. The topological polar surface area (TPSA) is 38.0 Å². The number of halogens is 2. The van der Waals surface area contributed by atoms with E-state index in [-0.39, 0.29) is 11.1 Å². The highest BCUT2D eigenvalue weighted by Gasteiger charge is 2.14. The van der Waals surface area contributed by atoms with Crippen molar-refractivity contribution in [2.75, 3.05) is 13.1 Å². The fraction of sp³-hybridized carbons (Fsp3) is 0.273. The minimum absolute atomic E-state index is 0.117. The minimum Gasteiger partial charge on any atom is -0.329 e. The summed E-state index contributed by atoms with van der Waals surface area (Å²) >= 11 is 5.69. The molecule has 4 heteroatoms. The highest BCUT2D eigenvalue weighted by molar-refractivity contribution is 6.30. The molecular formula is C11H14ClFN2. The van der Waals surface area contributed by atoms with Crippen molar-refractivity contribution in [1.82, 2.24) is 5.32 Å². The Morgan fingerprint density at radius 3 is 2.93 bits per heavy atom. The van der Waals surface area contributed by atoms with Gasteiger partial charge in [0.1, 0.15) is 5.82 Å². The van der Waals surface area contributed by atoms with E-state index in [1.807, 2.05) is 0 Å². The number of nitrogens with two attached hydrogens (primary N) is 1. The molecule has 0 amide bonds. The maximum Gasteiger partial charge on any atom is 0.146 e. The Hall–Kier alpha value is -0.900. The van der Waals surface area contributed by atoms with Crippen LogP contribution >= 0.6 is 11.6 Å². The monoisotopic (exact) mass is 228 g/mol. The SMILES string of the molecule is C=CCNC(CN)c1cccc(Cl)c1F. The second-order valence-corrected chi connectivity index (χ2v) is 3.54. The zero-order valence-corrected chi connectivity index (χ0v) is 9.10. The molecule has 0 saturated carbocycles. The van der Waals surface area contributed by atoms with Crippen molar-refractivity contribution >= 4 is 11.6 Å². The number of benzene rings is 1. The van der Waals surface area contributed by atoms with Crippen LogP contribution in [0.1, 0.15) is 11.6 Å². The standard InChI is InChI=1S/C11H14ClFN2/c1-2-6-15-10(7-14)8-4-3-5-9(12)11(8)13/h2-5,10,15H,1,6-7,14H2.